The van der Waals surface area contributed by atoms with Gasteiger partial charge in [-0.1, -0.05) is 94.8 Å². The molecule has 168 valence electrons. The van der Waals surface area contributed by atoms with Gasteiger partial charge in [0.1, 0.15) is 5.82 Å². The van der Waals surface area contributed by atoms with Gasteiger partial charge in [0.2, 0.25) is 0 Å². The van der Waals surface area contributed by atoms with Gasteiger partial charge in [-0.05, 0) is 41.8 Å². The van der Waals surface area contributed by atoms with Crippen molar-refractivity contribution < 1.29 is 4.79 Å². The zero-order valence-corrected chi connectivity index (χ0v) is 20.2. The molecule has 0 saturated carbocycles. The lowest BCUT2D eigenvalue weighted by atomic mass is 10.1. The minimum absolute atomic E-state index is 0.0809. The molecule has 0 aliphatic carbocycles. The zero-order chi connectivity index (χ0) is 23.3. The van der Waals surface area contributed by atoms with E-state index in [9.17, 15) is 4.79 Å². The van der Waals surface area contributed by atoms with Gasteiger partial charge in [0.15, 0.2) is 0 Å². The van der Waals surface area contributed by atoms with Crippen LogP contribution in [-0.4, -0.2) is 22.0 Å². The monoisotopic (exact) mass is 509 g/mol. The third-order valence-corrected chi connectivity index (χ3v) is 6.64. The summed E-state index contributed by atoms with van der Waals surface area (Å²) in [6.45, 7) is 1.24. The Labute approximate surface area is 207 Å². The van der Waals surface area contributed by atoms with Crippen LogP contribution in [0, 0.1) is 0 Å². The van der Waals surface area contributed by atoms with Gasteiger partial charge in [0.05, 0.1) is 11.0 Å². The van der Waals surface area contributed by atoms with E-state index in [1.54, 1.807) is 0 Å². The van der Waals surface area contributed by atoms with Crippen molar-refractivity contribution in [1.29, 1.82) is 0 Å². The molecular weight excluding hydrogens is 486 g/mol. The molecule has 5 aromatic rings. The van der Waals surface area contributed by atoms with E-state index in [1.165, 1.54) is 11.1 Å². The Bertz CT molecular complexity index is 1430. The Morgan fingerprint density at radius 1 is 0.853 bits per heavy atom. The van der Waals surface area contributed by atoms with Crippen molar-refractivity contribution in [3.8, 4) is 11.4 Å². The smallest absolute Gasteiger partial charge is 0.251 e. The lowest BCUT2D eigenvalue weighted by Crippen LogP contribution is -2.25. The van der Waals surface area contributed by atoms with Gasteiger partial charge in [-0.2, -0.15) is 0 Å². The molecule has 1 heterocycles. The van der Waals surface area contributed by atoms with Gasteiger partial charge in [-0.15, -0.1) is 0 Å². The molecule has 0 saturated heterocycles. The number of fused-ring (bicyclic) bond motifs is 1. The molecule has 0 fully saturated rings. The van der Waals surface area contributed by atoms with Crippen LogP contribution in [0.5, 0.6) is 0 Å². The van der Waals surface area contributed by atoms with Crippen LogP contribution in [0.15, 0.2) is 108 Å². The van der Waals surface area contributed by atoms with Crippen LogP contribution in [0.1, 0.15) is 21.5 Å². The first-order valence-corrected chi connectivity index (χ1v) is 12.1. The number of nitrogens with one attached hydrogen (secondary N) is 1. The standard InChI is InChI=1S/C29H24BrN3O/c30-25-14-8-7-11-22(25)17-18-31-29(34)24-15-16-26-27(19-24)33(20-21-9-3-1-4-10-21)28(32-26)23-12-5-2-6-13-23/h1-16,19H,17-18,20H2,(H,31,34). The summed E-state index contributed by atoms with van der Waals surface area (Å²) in [5, 5.41) is 3.06. The molecule has 0 unspecified atom stereocenters. The molecule has 0 bridgehead atoms. The molecule has 4 nitrogen and oxygen atoms in total. The summed E-state index contributed by atoms with van der Waals surface area (Å²) in [7, 11) is 0. The first-order chi connectivity index (χ1) is 16.7. The van der Waals surface area contributed by atoms with Crippen molar-refractivity contribution in [2.45, 2.75) is 13.0 Å². The number of amides is 1. The lowest BCUT2D eigenvalue weighted by Gasteiger charge is -2.11. The molecule has 1 N–H and O–H groups in total. The molecule has 1 aromatic heterocycles. The number of imidazole rings is 1. The van der Waals surface area contributed by atoms with E-state index < -0.39 is 0 Å². The summed E-state index contributed by atoms with van der Waals surface area (Å²) in [6.07, 6.45) is 0.763. The minimum atomic E-state index is -0.0809. The van der Waals surface area contributed by atoms with Crippen LogP contribution in [0.3, 0.4) is 0 Å². The Morgan fingerprint density at radius 3 is 2.32 bits per heavy atom. The summed E-state index contributed by atoms with van der Waals surface area (Å²) in [6, 6.07) is 34.3. The van der Waals surface area contributed by atoms with E-state index in [4.69, 9.17) is 4.98 Å². The van der Waals surface area contributed by atoms with Crippen molar-refractivity contribution in [3.05, 3.63) is 124 Å². The highest BCUT2D eigenvalue weighted by atomic mass is 79.9. The molecule has 0 aliphatic rings. The molecule has 0 aliphatic heterocycles. The van der Waals surface area contributed by atoms with E-state index in [0.29, 0.717) is 18.7 Å². The first-order valence-electron chi connectivity index (χ1n) is 11.3. The highest BCUT2D eigenvalue weighted by molar-refractivity contribution is 9.10. The Morgan fingerprint density at radius 2 is 1.56 bits per heavy atom. The van der Waals surface area contributed by atoms with Gasteiger partial charge < -0.3 is 9.88 Å². The van der Waals surface area contributed by atoms with Crippen LogP contribution in [0.4, 0.5) is 0 Å². The second-order valence-corrected chi connectivity index (χ2v) is 9.03. The van der Waals surface area contributed by atoms with Gasteiger partial charge in [0.25, 0.3) is 5.91 Å². The quantitative estimate of drug-likeness (QED) is 0.272. The normalized spacial score (nSPS) is 11.0. The maximum absolute atomic E-state index is 13.0. The first kappa shape index (κ1) is 22.1. The SMILES string of the molecule is O=C(NCCc1ccccc1Br)c1ccc2nc(-c3ccccc3)n(Cc3ccccc3)c2c1. The van der Waals surface area contributed by atoms with Gasteiger partial charge in [-0.3, -0.25) is 4.79 Å². The zero-order valence-electron chi connectivity index (χ0n) is 18.6. The van der Waals surface area contributed by atoms with Crippen LogP contribution < -0.4 is 5.32 Å². The molecule has 0 atom stereocenters. The average molecular weight is 510 g/mol. The molecule has 1 amide bonds. The molecule has 0 radical (unpaired) electrons. The van der Waals surface area contributed by atoms with Crippen molar-refractivity contribution >= 4 is 32.9 Å². The van der Waals surface area contributed by atoms with Crippen LogP contribution >= 0.6 is 15.9 Å². The molecular formula is C29H24BrN3O. The Hall–Kier alpha value is -3.70. The number of benzene rings is 4. The summed E-state index contributed by atoms with van der Waals surface area (Å²) >= 11 is 3.57. The number of aromatic nitrogens is 2. The number of rotatable bonds is 7. The van der Waals surface area contributed by atoms with Crippen molar-refractivity contribution in [3.63, 3.8) is 0 Å². The highest BCUT2D eigenvalue weighted by Crippen LogP contribution is 2.27. The molecule has 34 heavy (non-hydrogen) atoms. The van der Waals surface area contributed by atoms with Crippen LogP contribution in [-0.2, 0) is 13.0 Å². The van der Waals surface area contributed by atoms with Crippen LogP contribution in [0.2, 0.25) is 0 Å². The average Bonchev–Trinajstić information content (AvgIpc) is 3.24. The largest absolute Gasteiger partial charge is 0.352 e. The highest BCUT2D eigenvalue weighted by Gasteiger charge is 2.15. The predicted molar refractivity (Wildman–Crippen MR) is 141 cm³/mol. The summed E-state index contributed by atoms with van der Waals surface area (Å²) in [5.41, 5.74) is 5.86. The second kappa shape index (κ2) is 10.1. The number of hydrogen-bond acceptors (Lipinski definition) is 2. The van der Waals surface area contributed by atoms with Crippen molar-refractivity contribution in [1.82, 2.24) is 14.9 Å². The third-order valence-electron chi connectivity index (χ3n) is 5.86. The molecule has 5 heteroatoms. The maximum atomic E-state index is 13.0. The fourth-order valence-corrected chi connectivity index (χ4v) is 4.59. The van der Waals surface area contributed by atoms with Crippen LogP contribution in [0.25, 0.3) is 22.4 Å². The summed E-state index contributed by atoms with van der Waals surface area (Å²) in [4.78, 5) is 17.9. The van der Waals surface area contributed by atoms with E-state index in [1.807, 2.05) is 72.8 Å². The summed E-state index contributed by atoms with van der Waals surface area (Å²) in [5.74, 6) is 0.814. The van der Waals surface area contributed by atoms with E-state index >= 15 is 0 Å². The van der Waals surface area contributed by atoms with Gasteiger partial charge in [0, 0.05) is 28.7 Å². The molecule has 0 spiro atoms. The maximum Gasteiger partial charge on any atom is 0.251 e. The molecule has 4 aromatic carbocycles. The predicted octanol–water partition coefficient (Wildman–Crippen LogP) is 6.49. The third kappa shape index (κ3) is 4.80. The van der Waals surface area contributed by atoms with E-state index in [0.717, 1.165) is 33.3 Å². The van der Waals surface area contributed by atoms with Gasteiger partial charge in [-0.25, -0.2) is 4.98 Å². The summed E-state index contributed by atoms with van der Waals surface area (Å²) < 4.78 is 3.25. The Kier molecular flexibility index (Phi) is 6.54. The number of carbonyl (C=O) groups is 1. The Balaban J connectivity index is 1.44. The van der Waals surface area contributed by atoms with Crippen molar-refractivity contribution in [2.75, 3.05) is 6.54 Å². The number of nitrogens with zero attached hydrogens (tertiary/aromatic N) is 2. The molecule has 5 rings (SSSR count). The lowest BCUT2D eigenvalue weighted by molar-refractivity contribution is 0.0954. The number of hydrogen-bond donors (Lipinski definition) is 1. The minimum Gasteiger partial charge on any atom is -0.352 e. The second-order valence-electron chi connectivity index (χ2n) is 8.17. The fourth-order valence-electron chi connectivity index (χ4n) is 4.11. The van der Waals surface area contributed by atoms with E-state index in [-0.39, 0.29) is 5.91 Å². The van der Waals surface area contributed by atoms with E-state index in [2.05, 4.69) is 56.1 Å². The number of carbonyl (C=O) groups excluding carboxylic acids is 1. The topological polar surface area (TPSA) is 46.9 Å². The van der Waals surface area contributed by atoms with Crippen molar-refractivity contribution in [2.24, 2.45) is 0 Å². The fraction of sp³-hybridized carbons (Fsp3) is 0.103. The van der Waals surface area contributed by atoms with Gasteiger partial charge >= 0.3 is 0 Å². The number of halogens is 1.